The molecular weight excluding hydrogens is 637 g/mol. The molecule has 9 aromatic rings. The van der Waals surface area contributed by atoms with Gasteiger partial charge in [0.2, 0.25) is 0 Å². The summed E-state index contributed by atoms with van der Waals surface area (Å²) in [6.45, 7) is 9.43. The van der Waals surface area contributed by atoms with Crippen molar-refractivity contribution in [2.45, 2.75) is 38.5 Å². The number of fused-ring (bicyclic) bond motifs is 13. The highest BCUT2D eigenvalue weighted by atomic mass is 32.1. The van der Waals surface area contributed by atoms with Crippen LogP contribution in [0.15, 0.2) is 133 Å². The van der Waals surface area contributed by atoms with Crippen LogP contribution in [0.5, 0.6) is 0 Å². The summed E-state index contributed by atoms with van der Waals surface area (Å²) in [5.74, 6) is 0. The first-order valence-electron chi connectivity index (χ1n) is 17.9. The zero-order valence-electron chi connectivity index (χ0n) is 29.0. The molecule has 2 aliphatic carbocycles. The predicted molar refractivity (Wildman–Crippen MR) is 216 cm³/mol. The molecule has 7 aromatic carbocycles. The molecule has 0 amide bonds. The van der Waals surface area contributed by atoms with Crippen LogP contribution in [0.2, 0.25) is 0 Å². The smallest absolute Gasteiger partial charge is 0.109 e. The highest BCUT2D eigenvalue weighted by Crippen LogP contribution is 2.57. The highest BCUT2D eigenvalue weighted by molar-refractivity contribution is 7.21. The summed E-state index contributed by atoms with van der Waals surface area (Å²) in [4.78, 5) is 13.8. The number of hydrogen-bond donors (Lipinski definition) is 0. The molecule has 0 saturated carbocycles. The van der Waals surface area contributed by atoms with Gasteiger partial charge in [0.05, 0.1) is 20.8 Å². The minimum absolute atomic E-state index is 0.0964. The van der Waals surface area contributed by atoms with Crippen LogP contribution in [0.4, 0.5) is 0 Å². The molecule has 0 N–H and O–H groups in total. The van der Waals surface area contributed by atoms with Crippen molar-refractivity contribution in [3.05, 3.63) is 156 Å². The molecule has 0 aliphatic heterocycles. The van der Waals surface area contributed by atoms with Crippen molar-refractivity contribution in [2.75, 3.05) is 0 Å². The van der Waals surface area contributed by atoms with Crippen LogP contribution >= 0.6 is 11.3 Å². The summed E-state index contributed by atoms with van der Waals surface area (Å²) >= 11 is 1.86. The van der Waals surface area contributed by atoms with Crippen LogP contribution in [-0.2, 0) is 10.8 Å². The third-order valence-electron chi connectivity index (χ3n) is 11.9. The molecule has 2 nitrogen and oxygen atoms in total. The molecule has 2 aromatic heterocycles. The van der Waals surface area contributed by atoms with Gasteiger partial charge in [-0.3, -0.25) is 0 Å². The number of hydrogen-bond acceptors (Lipinski definition) is 3. The monoisotopic (exact) mass is 670 g/mol. The van der Waals surface area contributed by atoms with E-state index in [1.54, 1.807) is 0 Å². The lowest BCUT2D eigenvalue weighted by molar-refractivity contribution is 0.660. The summed E-state index contributed by atoms with van der Waals surface area (Å²) < 4.78 is 0. The lowest BCUT2D eigenvalue weighted by Gasteiger charge is -2.21. The molecule has 11 rings (SSSR count). The van der Waals surface area contributed by atoms with E-state index in [1.807, 2.05) is 11.3 Å². The van der Waals surface area contributed by atoms with Crippen molar-refractivity contribution < 1.29 is 0 Å². The fourth-order valence-electron chi connectivity index (χ4n) is 9.43. The molecule has 0 atom stereocenters. The van der Waals surface area contributed by atoms with Crippen molar-refractivity contribution >= 4 is 54.9 Å². The SMILES string of the molecule is CC1(C)c2ccccc2-c2c(-c3sc(-c4cccc5c4-c4ccccc4C5(C)C)c4nc5c6ccccc6c6ccccc6c5nc34)cccc21. The largest absolute Gasteiger partial charge is 0.242 e. The summed E-state index contributed by atoms with van der Waals surface area (Å²) in [5.41, 5.74) is 16.9. The summed E-state index contributed by atoms with van der Waals surface area (Å²) in [6, 6.07) is 49.0. The summed E-state index contributed by atoms with van der Waals surface area (Å²) in [7, 11) is 0. The van der Waals surface area contributed by atoms with Crippen LogP contribution in [0.3, 0.4) is 0 Å². The lowest BCUT2D eigenvalue weighted by Crippen LogP contribution is -2.14. The molecule has 3 heteroatoms. The van der Waals surface area contributed by atoms with E-state index in [2.05, 4.69) is 161 Å². The van der Waals surface area contributed by atoms with Crippen LogP contribution < -0.4 is 0 Å². The van der Waals surface area contributed by atoms with E-state index in [9.17, 15) is 0 Å². The predicted octanol–water partition coefficient (Wildman–Crippen LogP) is 13.1. The van der Waals surface area contributed by atoms with E-state index in [0.29, 0.717) is 0 Å². The number of benzene rings is 7. The Balaban J connectivity index is 1.31. The Morgan fingerprint density at radius 2 is 0.706 bits per heavy atom. The van der Waals surface area contributed by atoms with Gasteiger partial charge < -0.3 is 0 Å². The van der Waals surface area contributed by atoms with Crippen molar-refractivity contribution in [3.63, 3.8) is 0 Å². The second-order valence-electron chi connectivity index (χ2n) is 15.3. The minimum atomic E-state index is -0.0964. The normalized spacial score (nSPS) is 15.0. The van der Waals surface area contributed by atoms with Gasteiger partial charge in [-0.2, -0.15) is 0 Å². The van der Waals surface area contributed by atoms with Gasteiger partial charge in [0.25, 0.3) is 0 Å². The van der Waals surface area contributed by atoms with Gasteiger partial charge in [0.15, 0.2) is 0 Å². The molecule has 0 bridgehead atoms. The van der Waals surface area contributed by atoms with Gasteiger partial charge >= 0.3 is 0 Å². The number of nitrogens with zero attached hydrogens (tertiary/aromatic N) is 2. The van der Waals surface area contributed by atoms with E-state index in [1.165, 1.54) is 76.2 Å². The Bertz CT molecular complexity index is 2780. The number of thiophene rings is 1. The van der Waals surface area contributed by atoms with Crippen molar-refractivity contribution in [1.82, 2.24) is 9.97 Å². The Hall–Kier alpha value is -5.64. The van der Waals surface area contributed by atoms with Crippen molar-refractivity contribution in [1.29, 1.82) is 0 Å². The van der Waals surface area contributed by atoms with Gasteiger partial charge in [0, 0.05) is 32.7 Å². The first kappa shape index (κ1) is 29.1. The van der Waals surface area contributed by atoms with E-state index < -0.39 is 0 Å². The van der Waals surface area contributed by atoms with Crippen molar-refractivity contribution in [3.8, 4) is 43.1 Å². The molecule has 0 radical (unpaired) electrons. The summed E-state index contributed by atoms with van der Waals surface area (Å²) in [5, 5.41) is 4.70. The van der Waals surface area contributed by atoms with E-state index in [4.69, 9.17) is 9.97 Å². The molecule has 2 aliphatic rings. The van der Waals surface area contributed by atoms with Crippen LogP contribution in [-0.4, -0.2) is 9.97 Å². The van der Waals surface area contributed by atoms with Crippen LogP contribution in [0.1, 0.15) is 49.9 Å². The van der Waals surface area contributed by atoms with Crippen molar-refractivity contribution in [2.24, 2.45) is 0 Å². The van der Waals surface area contributed by atoms with Crippen LogP contribution in [0, 0.1) is 0 Å². The topological polar surface area (TPSA) is 25.8 Å². The number of rotatable bonds is 2. The molecule has 2 heterocycles. The quantitative estimate of drug-likeness (QED) is 0.171. The lowest BCUT2D eigenvalue weighted by atomic mass is 9.82. The maximum Gasteiger partial charge on any atom is 0.109 e. The maximum atomic E-state index is 5.71. The van der Waals surface area contributed by atoms with Crippen LogP contribution in [0.25, 0.3) is 86.7 Å². The Labute approximate surface area is 301 Å². The molecule has 0 fully saturated rings. The molecule has 51 heavy (non-hydrogen) atoms. The first-order chi connectivity index (χ1) is 24.8. The minimum Gasteiger partial charge on any atom is -0.242 e. The molecule has 0 unspecified atom stereocenters. The zero-order valence-corrected chi connectivity index (χ0v) is 29.8. The van der Waals surface area contributed by atoms with E-state index in [-0.39, 0.29) is 10.8 Å². The van der Waals surface area contributed by atoms with Gasteiger partial charge in [-0.05, 0) is 55.3 Å². The fourth-order valence-corrected chi connectivity index (χ4v) is 10.7. The summed E-state index contributed by atoms with van der Waals surface area (Å²) in [6.07, 6.45) is 0. The second-order valence-corrected chi connectivity index (χ2v) is 16.3. The third-order valence-corrected chi connectivity index (χ3v) is 13.1. The average molecular weight is 671 g/mol. The third kappa shape index (κ3) is 3.72. The van der Waals surface area contributed by atoms with E-state index >= 15 is 0 Å². The molecule has 0 spiro atoms. The maximum absolute atomic E-state index is 5.71. The Morgan fingerprint density at radius 3 is 1.16 bits per heavy atom. The number of aromatic nitrogens is 2. The van der Waals surface area contributed by atoms with Gasteiger partial charge in [-0.15, -0.1) is 11.3 Å². The molecule has 0 saturated heterocycles. The first-order valence-corrected chi connectivity index (χ1v) is 18.7. The average Bonchev–Trinajstić information content (AvgIpc) is 3.74. The molecule has 242 valence electrons. The Morgan fingerprint density at radius 1 is 0.353 bits per heavy atom. The van der Waals surface area contributed by atoms with E-state index in [0.717, 1.165) is 32.8 Å². The Kier molecular flexibility index (Phi) is 5.71. The zero-order chi connectivity index (χ0) is 34.2. The highest BCUT2D eigenvalue weighted by Gasteiger charge is 2.39. The van der Waals surface area contributed by atoms with Gasteiger partial charge in [-0.25, -0.2) is 9.97 Å². The standard InChI is InChI=1S/C48H34N2S/c1-47(2)35-23-11-9-19-31(35)39-33(21-13-25-37(39)47)45-43-44(50-42-30-18-8-6-16-28(30)27-15-5-7-17-29(27)41(42)49-43)46(51-45)34-22-14-26-38-40(34)32-20-10-12-24-36(32)48(38,3)4/h5-26H,1-4H3. The van der Waals surface area contributed by atoms with Gasteiger partial charge in [0.1, 0.15) is 11.0 Å². The fraction of sp³-hybridized carbons (Fsp3) is 0.125. The second kappa shape index (κ2) is 9.99. The van der Waals surface area contributed by atoms with Gasteiger partial charge in [-0.1, -0.05) is 161 Å². The molecular formula is C48H34N2S.